The van der Waals surface area contributed by atoms with E-state index in [1.165, 1.54) is 13.8 Å². The van der Waals surface area contributed by atoms with Gasteiger partial charge in [-0.05, 0) is 73.5 Å². The number of hydrogen-bond donors (Lipinski definition) is 0. The van der Waals surface area contributed by atoms with Gasteiger partial charge in [-0.2, -0.15) is 0 Å². The van der Waals surface area contributed by atoms with Crippen molar-refractivity contribution in [3.8, 4) is 0 Å². The predicted octanol–water partition coefficient (Wildman–Crippen LogP) is 5.09. The Kier molecular flexibility index (Phi) is 6.35. The summed E-state index contributed by atoms with van der Waals surface area (Å²) in [7, 11) is 0. The van der Waals surface area contributed by atoms with Crippen LogP contribution >= 0.6 is 0 Å². The van der Waals surface area contributed by atoms with Gasteiger partial charge in [0, 0.05) is 43.9 Å². The van der Waals surface area contributed by atoms with Crippen molar-refractivity contribution in [2.75, 3.05) is 6.61 Å². The Morgan fingerprint density at radius 1 is 0.974 bits per heavy atom. The Labute approximate surface area is 227 Å². The minimum Gasteiger partial charge on any atom is -0.462 e. The summed E-state index contributed by atoms with van der Waals surface area (Å²) in [6.07, 6.45) is 6.22. The number of fused-ring (bicyclic) bond motifs is 7. The minimum atomic E-state index is -0.662. The second kappa shape index (κ2) is 9.02. The highest BCUT2D eigenvalue weighted by Gasteiger charge is 2.72. The van der Waals surface area contributed by atoms with E-state index in [0.29, 0.717) is 36.5 Å². The lowest BCUT2D eigenvalue weighted by Gasteiger charge is -2.62. The molecule has 212 valence electrons. The lowest BCUT2D eigenvalue weighted by molar-refractivity contribution is -0.274. The molecule has 0 bridgehead atoms. The van der Waals surface area contributed by atoms with Gasteiger partial charge in [-0.25, -0.2) is 0 Å². The third kappa shape index (κ3) is 3.77. The quantitative estimate of drug-likeness (QED) is 0.460. The molecule has 2 heterocycles. The van der Waals surface area contributed by atoms with E-state index in [-0.39, 0.29) is 52.5 Å². The van der Waals surface area contributed by atoms with Crippen molar-refractivity contribution < 1.29 is 33.3 Å². The highest BCUT2D eigenvalue weighted by Crippen LogP contribution is 2.71. The standard InChI is InChI=1S/C31H46O7/c1-16-9-10-31(35-15-16)17(2)28-25(38-31)12-23-21-8-7-20-11-24(34)26(36-18(3)32)14-29(20,5)22(21)13-27(30(23,28)6)37-19(4)33/h16-17,20-23,25-28H,7-15H2,1-6H3/t16-,17+,20+,21-,22+,23+,25+,26+,27-,28+,29+,30-,31-/m1/s1. The predicted molar refractivity (Wildman–Crippen MR) is 139 cm³/mol. The van der Waals surface area contributed by atoms with Crippen molar-refractivity contribution >= 4 is 17.7 Å². The van der Waals surface area contributed by atoms with Crippen LogP contribution in [-0.4, -0.2) is 48.4 Å². The van der Waals surface area contributed by atoms with Gasteiger partial charge in [-0.3, -0.25) is 14.4 Å². The number of Topliss-reactive ketones (excluding diaryl/α,β-unsaturated/α-hetero) is 1. The fourth-order valence-electron chi connectivity index (χ4n) is 10.7. The van der Waals surface area contributed by atoms with Crippen LogP contribution in [0.4, 0.5) is 0 Å². The molecule has 0 aromatic heterocycles. The minimum absolute atomic E-state index is 0.0584. The zero-order chi connectivity index (χ0) is 27.2. The van der Waals surface area contributed by atoms with Gasteiger partial charge in [0.2, 0.25) is 0 Å². The lowest BCUT2D eigenvalue weighted by Crippen LogP contribution is -2.61. The molecule has 6 rings (SSSR count). The van der Waals surface area contributed by atoms with Gasteiger partial charge >= 0.3 is 11.9 Å². The maximum Gasteiger partial charge on any atom is 0.303 e. The largest absolute Gasteiger partial charge is 0.462 e. The van der Waals surface area contributed by atoms with Gasteiger partial charge in [0.25, 0.3) is 0 Å². The SMILES string of the molecule is CC(=O)O[C@H]1C[C@@]2(C)[C@@H](CC[C@@H]3[C@@H]2C[C@@H](OC(C)=O)[C@]2(C)[C@@H]4[C@H](C[C@@H]32)O[C@]2(CC[C@@H](C)CO2)[C@H]4C)CC1=O. The molecule has 0 radical (unpaired) electrons. The van der Waals surface area contributed by atoms with Crippen molar-refractivity contribution in [1.29, 1.82) is 0 Å². The molecular formula is C31H46O7. The molecule has 13 atom stereocenters. The highest BCUT2D eigenvalue weighted by atomic mass is 16.7. The summed E-state index contributed by atoms with van der Waals surface area (Å²) < 4.78 is 25.2. The van der Waals surface area contributed by atoms with Gasteiger partial charge in [0.05, 0.1) is 12.7 Å². The second-order valence-corrected chi connectivity index (χ2v) is 14.3. The van der Waals surface area contributed by atoms with E-state index in [4.69, 9.17) is 18.9 Å². The first-order valence-electron chi connectivity index (χ1n) is 15.1. The Morgan fingerprint density at radius 3 is 2.37 bits per heavy atom. The van der Waals surface area contributed by atoms with Crippen LogP contribution in [0.3, 0.4) is 0 Å². The number of ether oxygens (including phenoxy) is 4. The Balaban J connectivity index is 1.34. The number of hydrogen-bond acceptors (Lipinski definition) is 7. The molecular weight excluding hydrogens is 484 g/mol. The van der Waals surface area contributed by atoms with Gasteiger partial charge < -0.3 is 18.9 Å². The number of carbonyl (C=O) groups excluding carboxylic acids is 3. The molecule has 7 nitrogen and oxygen atoms in total. The van der Waals surface area contributed by atoms with Gasteiger partial charge in [-0.15, -0.1) is 0 Å². The van der Waals surface area contributed by atoms with E-state index in [0.717, 1.165) is 45.1 Å². The number of rotatable bonds is 2. The lowest BCUT2D eigenvalue weighted by atomic mass is 9.43. The van der Waals surface area contributed by atoms with Gasteiger partial charge in [0.15, 0.2) is 17.7 Å². The van der Waals surface area contributed by atoms with Crippen LogP contribution in [0.1, 0.15) is 92.9 Å². The van der Waals surface area contributed by atoms with Crippen LogP contribution in [0.15, 0.2) is 0 Å². The molecule has 1 spiro atoms. The average Bonchev–Trinajstić information content (AvgIpc) is 3.28. The molecule has 4 saturated carbocycles. The molecule has 38 heavy (non-hydrogen) atoms. The van der Waals surface area contributed by atoms with E-state index >= 15 is 0 Å². The van der Waals surface area contributed by atoms with E-state index in [9.17, 15) is 14.4 Å². The monoisotopic (exact) mass is 530 g/mol. The third-order valence-corrected chi connectivity index (χ3v) is 12.5. The summed E-state index contributed by atoms with van der Waals surface area (Å²) in [5.41, 5.74) is -0.319. The van der Waals surface area contributed by atoms with Gasteiger partial charge in [-0.1, -0.05) is 27.7 Å². The molecule has 6 fully saturated rings. The van der Waals surface area contributed by atoms with E-state index in [1.54, 1.807) is 0 Å². The van der Waals surface area contributed by atoms with Crippen LogP contribution in [0.5, 0.6) is 0 Å². The fourth-order valence-corrected chi connectivity index (χ4v) is 10.7. The third-order valence-electron chi connectivity index (χ3n) is 12.5. The first-order chi connectivity index (χ1) is 17.9. The molecule has 2 saturated heterocycles. The zero-order valence-electron chi connectivity index (χ0n) is 24.0. The maximum absolute atomic E-state index is 12.9. The van der Waals surface area contributed by atoms with Crippen molar-refractivity contribution in [1.82, 2.24) is 0 Å². The molecule has 6 aliphatic rings. The Hall–Kier alpha value is -1.47. The second-order valence-electron chi connectivity index (χ2n) is 14.3. The fraction of sp³-hybridized carbons (Fsp3) is 0.903. The molecule has 4 aliphatic carbocycles. The molecule has 2 aliphatic heterocycles. The summed E-state index contributed by atoms with van der Waals surface area (Å²) in [5.74, 6) is 1.43. The van der Waals surface area contributed by atoms with E-state index < -0.39 is 17.9 Å². The van der Waals surface area contributed by atoms with Crippen LogP contribution in [-0.2, 0) is 33.3 Å². The first-order valence-corrected chi connectivity index (χ1v) is 15.1. The summed E-state index contributed by atoms with van der Waals surface area (Å²) in [6.45, 7) is 12.9. The first kappa shape index (κ1) is 26.7. The smallest absolute Gasteiger partial charge is 0.303 e. The van der Waals surface area contributed by atoms with Crippen LogP contribution in [0.25, 0.3) is 0 Å². The topological polar surface area (TPSA) is 88.1 Å². The Morgan fingerprint density at radius 2 is 1.71 bits per heavy atom. The van der Waals surface area contributed by atoms with Crippen molar-refractivity contribution in [2.24, 2.45) is 52.3 Å². The maximum atomic E-state index is 12.9. The number of esters is 2. The molecule has 0 N–H and O–H groups in total. The molecule has 0 aromatic carbocycles. The summed E-state index contributed by atoms with van der Waals surface area (Å²) in [5, 5.41) is 0. The van der Waals surface area contributed by atoms with Crippen molar-refractivity contribution in [2.45, 2.75) is 117 Å². The zero-order valence-corrected chi connectivity index (χ0v) is 24.0. The van der Waals surface area contributed by atoms with E-state index in [2.05, 4.69) is 27.7 Å². The van der Waals surface area contributed by atoms with Crippen molar-refractivity contribution in [3.63, 3.8) is 0 Å². The van der Waals surface area contributed by atoms with Crippen LogP contribution in [0.2, 0.25) is 0 Å². The summed E-state index contributed by atoms with van der Waals surface area (Å²) in [6, 6.07) is 0. The highest BCUT2D eigenvalue weighted by molar-refractivity contribution is 5.86. The molecule has 0 amide bonds. The molecule has 7 heteroatoms. The summed E-state index contributed by atoms with van der Waals surface area (Å²) >= 11 is 0. The number of carbonyl (C=O) groups is 3. The Bertz CT molecular complexity index is 1000. The van der Waals surface area contributed by atoms with Gasteiger partial charge in [0.1, 0.15) is 6.10 Å². The molecule has 0 unspecified atom stereocenters. The van der Waals surface area contributed by atoms with Crippen molar-refractivity contribution in [3.05, 3.63) is 0 Å². The average molecular weight is 531 g/mol. The molecule has 0 aromatic rings. The summed E-state index contributed by atoms with van der Waals surface area (Å²) in [4.78, 5) is 37.2. The normalized spacial score (nSPS) is 53.5. The number of ketones is 1. The van der Waals surface area contributed by atoms with Crippen LogP contribution < -0.4 is 0 Å². The van der Waals surface area contributed by atoms with E-state index in [1.807, 2.05) is 0 Å². The van der Waals surface area contributed by atoms with Crippen LogP contribution in [0, 0.1) is 52.3 Å².